The molecule has 6 nitrogen and oxygen atoms in total. The van der Waals surface area contributed by atoms with Crippen LogP contribution in [0.1, 0.15) is 33.1 Å². The molecular formula is C13H23NO5. The minimum atomic E-state index is -1.20. The van der Waals surface area contributed by atoms with Crippen molar-refractivity contribution < 1.29 is 24.2 Å². The smallest absolute Gasteiger partial charge is 0.329 e. The van der Waals surface area contributed by atoms with E-state index in [1.807, 2.05) is 0 Å². The Kier molecular flexibility index (Phi) is 5.75. The van der Waals surface area contributed by atoms with E-state index in [0.717, 1.165) is 12.8 Å². The summed E-state index contributed by atoms with van der Waals surface area (Å²) >= 11 is 0. The van der Waals surface area contributed by atoms with Gasteiger partial charge in [0.1, 0.15) is 5.54 Å². The van der Waals surface area contributed by atoms with Gasteiger partial charge in [-0.05, 0) is 26.7 Å². The van der Waals surface area contributed by atoms with Crippen molar-refractivity contribution in [2.75, 3.05) is 26.9 Å². The van der Waals surface area contributed by atoms with Crippen molar-refractivity contribution >= 4 is 11.9 Å². The van der Waals surface area contributed by atoms with Gasteiger partial charge in [-0.25, -0.2) is 4.79 Å². The minimum Gasteiger partial charge on any atom is -0.480 e. The number of likely N-dealkylation sites (N-methyl/N-ethyl adjacent to an activating group) is 1. The maximum Gasteiger partial charge on any atom is 0.329 e. The normalized spacial score (nSPS) is 17.2. The average molecular weight is 273 g/mol. The molecule has 0 aromatic rings. The summed E-state index contributed by atoms with van der Waals surface area (Å²) < 4.78 is 10.8. The molecule has 1 fully saturated rings. The Balaban J connectivity index is 2.32. The topological polar surface area (TPSA) is 76.1 Å². The second-order valence-corrected chi connectivity index (χ2v) is 5.25. The third-order valence-corrected chi connectivity index (χ3v) is 3.57. The number of aliphatic carboxylic acids is 1. The summed E-state index contributed by atoms with van der Waals surface area (Å²) in [5.41, 5.74) is -1.20. The molecule has 0 spiro atoms. The van der Waals surface area contributed by atoms with Crippen molar-refractivity contribution in [3.8, 4) is 0 Å². The van der Waals surface area contributed by atoms with Crippen LogP contribution in [0.3, 0.4) is 0 Å². The maximum absolute atomic E-state index is 11.9. The van der Waals surface area contributed by atoms with Gasteiger partial charge in [-0.3, -0.25) is 4.79 Å². The van der Waals surface area contributed by atoms with Gasteiger partial charge in [0.05, 0.1) is 19.1 Å². The monoisotopic (exact) mass is 273 g/mol. The van der Waals surface area contributed by atoms with Crippen LogP contribution in [-0.2, 0) is 19.1 Å². The zero-order chi connectivity index (χ0) is 14.5. The Labute approximate surface area is 113 Å². The Bertz CT molecular complexity index is 323. The van der Waals surface area contributed by atoms with Crippen LogP contribution in [0.5, 0.6) is 0 Å². The first-order valence-electron chi connectivity index (χ1n) is 6.55. The number of amides is 1. The predicted molar refractivity (Wildman–Crippen MR) is 68.9 cm³/mol. The molecule has 19 heavy (non-hydrogen) atoms. The number of hydrogen-bond donors (Lipinski definition) is 1. The number of nitrogens with zero attached hydrogens (tertiary/aromatic N) is 1. The SMILES string of the molecule is CN(C(=O)CCOC1CCOCC1)C(C)(C)C(=O)O. The zero-order valence-electron chi connectivity index (χ0n) is 11.8. The highest BCUT2D eigenvalue weighted by Gasteiger charge is 2.34. The van der Waals surface area contributed by atoms with E-state index in [4.69, 9.17) is 14.6 Å². The highest BCUT2D eigenvalue weighted by molar-refractivity contribution is 5.86. The second kappa shape index (κ2) is 6.86. The minimum absolute atomic E-state index is 0.152. The van der Waals surface area contributed by atoms with Gasteiger partial charge in [0.25, 0.3) is 0 Å². The molecule has 0 aromatic heterocycles. The van der Waals surface area contributed by atoms with E-state index < -0.39 is 11.5 Å². The van der Waals surface area contributed by atoms with Gasteiger partial charge in [0.15, 0.2) is 0 Å². The first-order chi connectivity index (χ1) is 8.85. The quantitative estimate of drug-likeness (QED) is 0.778. The van der Waals surface area contributed by atoms with E-state index in [1.54, 1.807) is 0 Å². The maximum atomic E-state index is 11.9. The Morgan fingerprint density at radius 2 is 1.95 bits per heavy atom. The fourth-order valence-corrected chi connectivity index (χ4v) is 1.78. The van der Waals surface area contributed by atoms with Crippen molar-refractivity contribution in [3.05, 3.63) is 0 Å². The predicted octanol–water partition coefficient (Wildman–Crippen LogP) is 0.894. The number of rotatable bonds is 6. The van der Waals surface area contributed by atoms with Crippen LogP contribution >= 0.6 is 0 Å². The highest BCUT2D eigenvalue weighted by atomic mass is 16.5. The summed E-state index contributed by atoms with van der Waals surface area (Å²) in [6.07, 6.45) is 2.05. The molecule has 6 heteroatoms. The molecule has 1 N–H and O–H groups in total. The van der Waals surface area contributed by atoms with Gasteiger partial charge < -0.3 is 19.5 Å². The molecule has 0 atom stereocenters. The van der Waals surface area contributed by atoms with Gasteiger partial charge >= 0.3 is 5.97 Å². The molecule has 0 bridgehead atoms. The van der Waals surface area contributed by atoms with E-state index >= 15 is 0 Å². The molecule has 0 radical (unpaired) electrons. The van der Waals surface area contributed by atoms with E-state index in [0.29, 0.717) is 19.8 Å². The van der Waals surface area contributed by atoms with E-state index in [-0.39, 0.29) is 18.4 Å². The van der Waals surface area contributed by atoms with Crippen molar-refractivity contribution in [3.63, 3.8) is 0 Å². The Morgan fingerprint density at radius 3 is 2.47 bits per heavy atom. The third-order valence-electron chi connectivity index (χ3n) is 3.57. The van der Waals surface area contributed by atoms with Gasteiger partial charge in [0.2, 0.25) is 5.91 Å². The van der Waals surface area contributed by atoms with Crippen LogP contribution in [0.2, 0.25) is 0 Å². The highest BCUT2D eigenvalue weighted by Crippen LogP contribution is 2.15. The number of hydrogen-bond acceptors (Lipinski definition) is 4. The summed E-state index contributed by atoms with van der Waals surface area (Å²) in [4.78, 5) is 24.2. The van der Waals surface area contributed by atoms with Crippen LogP contribution in [0, 0.1) is 0 Å². The molecule has 0 aromatic carbocycles. The number of carbonyl (C=O) groups is 2. The van der Waals surface area contributed by atoms with Crippen molar-refractivity contribution in [2.24, 2.45) is 0 Å². The van der Waals surface area contributed by atoms with Crippen LogP contribution in [0.4, 0.5) is 0 Å². The fourth-order valence-electron chi connectivity index (χ4n) is 1.78. The van der Waals surface area contributed by atoms with E-state index in [1.165, 1.54) is 25.8 Å². The molecule has 0 saturated carbocycles. The lowest BCUT2D eigenvalue weighted by Crippen LogP contribution is -2.51. The summed E-state index contributed by atoms with van der Waals surface area (Å²) in [7, 11) is 1.50. The van der Waals surface area contributed by atoms with E-state index in [9.17, 15) is 9.59 Å². The van der Waals surface area contributed by atoms with Crippen LogP contribution in [-0.4, -0.2) is 60.4 Å². The number of ether oxygens (including phenoxy) is 2. The summed E-state index contributed by atoms with van der Waals surface area (Å²) in [6, 6.07) is 0. The molecule has 1 aliphatic heterocycles. The summed E-state index contributed by atoms with van der Waals surface area (Å²) in [6.45, 7) is 4.73. The molecule has 0 aliphatic carbocycles. The molecular weight excluding hydrogens is 250 g/mol. The third kappa shape index (κ3) is 4.47. The first-order valence-corrected chi connectivity index (χ1v) is 6.55. The second-order valence-electron chi connectivity index (χ2n) is 5.25. The molecule has 1 amide bonds. The molecule has 1 rings (SSSR count). The van der Waals surface area contributed by atoms with Crippen LogP contribution < -0.4 is 0 Å². The van der Waals surface area contributed by atoms with Crippen LogP contribution in [0.15, 0.2) is 0 Å². The molecule has 1 saturated heterocycles. The van der Waals surface area contributed by atoms with Gasteiger partial charge in [0, 0.05) is 20.3 Å². The zero-order valence-corrected chi connectivity index (χ0v) is 11.8. The standard InChI is InChI=1S/C13H23NO5/c1-13(2,12(16)17)14(3)11(15)6-9-19-10-4-7-18-8-5-10/h10H,4-9H2,1-3H3,(H,16,17). The fraction of sp³-hybridized carbons (Fsp3) is 0.846. The molecule has 1 heterocycles. The number of carboxylic acids is 1. The Hall–Kier alpha value is -1.14. The molecule has 110 valence electrons. The number of carbonyl (C=O) groups excluding carboxylic acids is 1. The lowest BCUT2D eigenvalue weighted by atomic mass is 10.0. The number of carboxylic acid groups (broad SMARTS) is 1. The van der Waals surface area contributed by atoms with Crippen LogP contribution in [0.25, 0.3) is 0 Å². The van der Waals surface area contributed by atoms with Gasteiger partial charge in [-0.1, -0.05) is 0 Å². The van der Waals surface area contributed by atoms with Crippen molar-refractivity contribution in [1.29, 1.82) is 0 Å². The van der Waals surface area contributed by atoms with Gasteiger partial charge in [-0.15, -0.1) is 0 Å². The van der Waals surface area contributed by atoms with E-state index in [2.05, 4.69) is 0 Å². The molecule has 1 aliphatic rings. The van der Waals surface area contributed by atoms with Gasteiger partial charge in [-0.2, -0.15) is 0 Å². The molecule has 0 unspecified atom stereocenters. The first kappa shape index (κ1) is 15.9. The summed E-state index contributed by atoms with van der Waals surface area (Å²) in [5, 5.41) is 9.05. The van der Waals surface area contributed by atoms with Crippen molar-refractivity contribution in [1.82, 2.24) is 4.90 Å². The van der Waals surface area contributed by atoms with Crippen molar-refractivity contribution in [2.45, 2.75) is 44.8 Å². The lowest BCUT2D eigenvalue weighted by molar-refractivity contribution is -0.156. The lowest BCUT2D eigenvalue weighted by Gasteiger charge is -2.31. The average Bonchev–Trinajstić information content (AvgIpc) is 2.38. The summed E-state index contributed by atoms with van der Waals surface area (Å²) in [5.74, 6) is -1.24. The Morgan fingerprint density at radius 1 is 1.37 bits per heavy atom. The largest absolute Gasteiger partial charge is 0.480 e.